The van der Waals surface area contributed by atoms with Crippen LogP contribution in [0.2, 0.25) is 0 Å². The van der Waals surface area contributed by atoms with Gasteiger partial charge in [-0.15, -0.1) is 0 Å². The lowest BCUT2D eigenvalue weighted by Crippen LogP contribution is -1.98. The van der Waals surface area contributed by atoms with Crippen LogP contribution in [-0.2, 0) is 6.54 Å². The van der Waals surface area contributed by atoms with E-state index in [4.69, 9.17) is 15.2 Å². The van der Waals surface area contributed by atoms with Gasteiger partial charge in [-0.2, -0.15) is 0 Å². The number of methoxy groups -OCH3 is 2. The third-order valence-electron chi connectivity index (χ3n) is 2.81. The minimum Gasteiger partial charge on any atom is -0.497 e. The van der Waals surface area contributed by atoms with Crippen LogP contribution in [0.5, 0.6) is 11.5 Å². The lowest BCUT2D eigenvalue weighted by Gasteiger charge is -2.07. The van der Waals surface area contributed by atoms with Crippen molar-refractivity contribution in [2.75, 3.05) is 14.2 Å². The molecule has 0 bridgehead atoms. The fourth-order valence-electron chi connectivity index (χ4n) is 2.00. The van der Waals surface area contributed by atoms with Crippen molar-refractivity contribution >= 4 is 10.9 Å². The Morgan fingerprint density at radius 3 is 2.56 bits per heavy atom. The lowest BCUT2D eigenvalue weighted by molar-refractivity contribution is 0.398. The third-order valence-corrected chi connectivity index (χ3v) is 2.81. The van der Waals surface area contributed by atoms with Gasteiger partial charge in [0, 0.05) is 29.8 Å². The number of aryl methyl sites for hydroxylation is 1. The largest absolute Gasteiger partial charge is 0.497 e. The second kappa shape index (κ2) is 4.06. The van der Waals surface area contributed by atoms with Gasteiger partial charge in [-0.25, -0.2) is 0 Å². The van der Waals surface area contributed by atoms with Crippen LogP contribution in [0.1, 0.15) is 11.3 Å². The fourth-order valence-corrected chi connectivity index (χ4v) is 2.00. The van der Waals surface area contributed by atoms with E-state index >= 15 is 0 Å². The van der Waals surface area contributed by atoms with Gasteiger partial charge in [0.1, 0.15) is 11.5 Å². The molecule has 0 aliphatic rings. The molecule has 1 heterocycles. The molecule has 0 spiro atoms. The van der Waals surface area contributed by atoms with Crippen LogP contribution in [0.4, 0.5) is 0 Å². The van der Waals surface area contributed by atoms with E-state index in [9.17, 15) is 0 Å². The molecule has 1 aromatic carbocycles. The third kappa shape index (κ3) is 1.51. The van der Waals surface area contributed by atoms with Crippen LogP contribution in [-0.4, -0.2) is 19.2 Å². The molecule has 3 N–H and O–H groups in total. The van der Waals surface area contributed by atoms with Crippen molar-refractivity contribution in [1.29, 1.82) is 0 Å². The molecule has 0 radical (unpaired) electrons. The summed E-state index contributed by atoms with van der Waals surface area (Å²) >= 11 is 0. The molecule has 86 valence electrons. The van der Waals surface area contributed by atoms with Gasteiger partial charge in [0.05, 0.1) is 19.7 Å². The van der Waals surface area contributed by atoms with E-state index in [-0.39, 0.29) is 0 Å². The van der Waals surface area contributed by atoms with Crippen LogP contribution in [0.15, 0.2) is 12.1 Å². The predicted molar refractivity (Wildman–Crippen MR) is 64.0 cm³/mol. The van der Waals surface area contributed by atoms with E-state index in [2.05, 4.69) is 4.98 Å². The van der Waals surface area contributed by atoms with Crippen molar-refractivity contribution in [3.8, 4) is 11.5 Å². The molecule has 4 nitrogen and oxygen atoms in total. The topological polar surface area (TPSA) is 60.3 Å². The first-order chi connectivity index (χ1) is 7.71. The molecular weight excluding hydrogens is 204 g/mol. The summed E-state index contributed by atoms with van der Waals surface area (Å²) < 4.78 is 10.6. The number of H-pyrrole nitrogens is 1. The van der Waals surface area contributed by atoms with Gasteiger partial charge < -0.3 is 20.2 Å². The van der Waals surface area contributed by atoms with Crippen molar-refractivity contribution in [2.45, 2.75) is 13.5 Å². The second-order valence-corrected chi connectivity index (χ2v) is 3.68. The Balaban J connectivity index is 2.79. The summed E-state index contributed by atoms with van der Waals surface area (Å²) in [6.45, 7) is 2.50. The summed E-state index contributed by atoms with van der Waals surface area (Å²) in [6.07, 6.45) is 0. The maximum absolute atomic E-state index is 5.75. The molecule has 0 aliphatic carbocycles. The maximum Gasteiger partial charge on any atom is 0.132 e. The monoisotopic (exact) mass is 220 g/mol. The first kappa shape index (κ1) is 10.8. The molecule has 2 aromatic rings. The minimum absolute atomic E-state index is 0.495. The molecular formula is C12H16N2O2. The van der Waals surface area contributed by atoms with Crippen molar-refractivity contribution in [2.24, 2.45) is 5.73 Å². The summed E-state index contributed by atoms with van der Waals surface area (Å²) in [5.41, 5.74) is 8.91. The first-order valence-corrected chi connectivity index (χ1v) is 5.14. The summed E-state index contributed by atoms with van der Waals surface area (Å²) in [4.78, 5) is 3.29. The van der Waals surface area contributed by atoms with Gasteiger partial charge in [-0.3, -0.25) is 0 Å². The number of aromatic amines is 1. The molecule has 2 rings (SSSR count). The average molecular weight is 220 g/mol. The number of rotatable bonds is 3. The molecule has 0 atom stereocenters. The molecule has 0 amide bonds. The van der Waals surface area contributed by atoms with Crippen LogP contribution in [0.3, 0.4) is 0 Å². The van der Waals surface area contributed by atoms with Crippen molar-refractivity contribution in [1.82, 2.24) is 4.98 Å². The number of aromatic nitrogens is 1. The summed E-state index contributed by atoms with van der Waals surface area (Å²) in [5.74, 6) is 1.56. The standard InChI is InChI=1S/C12H16N2O2/c1-7-9(6-13)12-10(14-7)4-8(15-2)5-11(12)16-3/h4-5,14H,6,13H2,1-3H3. The van der Waals surface area contributed by atoms with Crippen LogP contribution in [0, 0.1) is 6.92 Å². The number of fused-ring (bicyclic) bond motifs is 1. The number of hydrogen-bond acceptors (Lipinski definition) is 3. The highest BCUT2D eigenvalue weighted by atomic mass is 16.5. The summed E-state index contributed by atoms with van der Waals surface area (Å²) in [5, 5.41) is 1.04. The number of nitrogens with one attached hydrogen (secondary N) is 1. The van der Waals surface area contributed by atoms with E-state index in [1.807, 2.05) is 19.1 Å². The Morgan fingerprint density at radius 2 is 2.00 bits per heavy atom. The van der Waals surface area contributed by atoms with Gasteiger partial charge >= 0.3 is 0 Å². The predicted octanol–water partition coefficient (Wildman–Crippen LogP) is 1.95. The zero-order valence-corrected chi connectivity index (χ0v) is 9.76. The molecule has 0 unspecified atom stereocenters. The zero-order valence-electron chi connectivity index (χ0n) is 9.76. The highest BCUT2D eigenvalue weighted by molar-refractivity contribution is 5.91. The van der Waals surface area contributed by atoms with Crippen LogP contribution < -0.4 is 15.2 Å². The Hall–Kier alpha value is -1.68. The van der Waals surface area contributed by atoms with Gasteiger partial charge in [0.15, 0.2) is 0 Å². The van der Waals surface area contributed by atoms with E-state index in [1.165, 1.54) is 0 Å². The Labute approximate surface area is 94.3 Å². The average Bonchev–Trinajstić information content (AvgIpc) is 2.62. The molecule has 1 aromatic heterocycles. The fraction of sp³-hybridized carbons (Fsp3) is 0.333. The highest BCUT2D eigenvalue weighted by Gasteiger charge is 2.13. The van der Waals surface area contributed by atoms with E-state index in [0.29, 0.717) is 6.54 Å². The quantitative estimate of drug-likeness (QED) is 0.831. The van der Waals surface area contributed by atoms with Gasteiger partial charge in [0.25, 0.3) is 0 Å². The van der Waals surface area contributed by atoms with Crippen LogP contribution in [0.25, 0.3) is 10.9 Å². The van der Waals surface area contributed by atoms with Crippen molar-refractivity contribution in [3.05, 3.63) is 23.4 Å². The Bertz CT molecular complexity index is 517. The summed E-state index contributed by atoms with van der Waals surface area (Å²) in [6, 6.07) is 3.82. The van der Waals surface area contributed by atoms with Gasteiger partial charge in [0.2, 0.25) is 0 Å². The second-order valence-electron chi connectivity index (χ2n) is 3.68. The molecule has 0 saturated carbocycles. The maximum atomic E-state index is 5.75. The lowest BCUT2D eigenvalue weighted by atomic mass is 10.1. The van der Waals surface area contributed by atoms with Crippen molar-refractivity contribution < 1.29 is 9.47 Å². The van der Waals surface area contributed by atoms with E-state index in [1.54, 1.807) is 14.2 Å². The van der Waals surface area contributed by atoms with E-state index < -0.39 is 0 Å². The van der Waals surface area contributed by atoms with Crippen LogP contribution >= 0.6 is 0 Å². The minimum atomic E-state index is 0.495. The normalized spacial score (nSPS) is 10.8. The zero-order chi connectivity index (χ0) is 11.7. The Morgan fingerprint density at radius 1 is 1.25 bits per heavy atom. The van der Waals surface area contributed by atoms with Gasteiger partial charge in [-0.1, -0.05) is 0 Å². The molecule has 0 fully saturated rings. The van der Waals surface area contributed by atoms with E-state index in [0.717, 1.165) is 33.7 Å². The molecule has 0 aliphatic heterocycles. The SMILES string of the molecule is COc1cc(OC)c2c(CN)c(C)[nH]c2c1. The molecule has 4 heteroatoms. The summed E-state index contributed by atoms with van der Waals surface area (Å²) in [7, 11) is 3.29. The molecule has 16 heavy (non-hydrogen) atoms. The smallest absolute Gasteiger partial charge is 0.132 e. The number of hydrogen-bond donors (Lipinski definition) is 2. The number of nitrogens with two attached hydrogens (primary N) is 1. The van der Waals surface area contributed by atoms with Crippen molar-refractivity contribution in [3.63, 3.8) is 0 Å². The first-order valence-electron chi connectivity index (χ1n) is 5.14. The number of benzene rings is 1. The number of ether oxygens (including phenoxy) is 2. The molecule has 0 saturated heterocycles. The Kier molecular flexibility index (Phi) is 2.75. The highest BCUT2D eigenvalue weighted by Crippen LogP contribution is 2.34. The van der Waals surface area contributed by atoms with Gasteiger partial charge in [-0.05, 0) is 12.5 Å².